The number of ether oxygens (including phenoxy) is 1. The smallest absolute Gasteiger partial charge is 0.336 e. The summed E-state index contributed by atoms with van der Waals surface area (Å²) in [6, 6.07) is 0. The number of carbonyl (C=O) groups is 1. The third-order valence-corrected chi connectivity index (χ3v) is 2.21. The topological polar surface area (TPSA) is 35.5 Å². The van der Waals surface area contributed by atoms with Crippen LogP contribution in [0.5, 0.6) is 0 Å². The lowest BCUT2D eigenvalue weighted by atomic mass is 10.1. The predicted molar refractivity (Wildman–Crippen MR) is 37.1 cm³/mol. The summed E-state index contributed by atoms with van der Waals surface area (Å²) in [5, 5.41) is 0. The standard InChI is InChI=1S/C5H12O3Si/c1-5(2,8-9)4(6)7-3/h1-3,9H3. The Hall–Kier alpha value is -0.353. The SMILES string of the molecule is COC(=O)C(C)(C)O[SiH3]. The average molecular weight is 148 g/mol. The molecule has 0 fully saturated rings. The van der Waals surface area contributed by atoms with Gasteiger partial charge < -0.3 is 9.16 Å². The van der Waals surface area contributed by atoms with Crippen LogP contribution in [0.3, 0.4) is 0 Å². The van der Waals surface area contributed by atoms with Gasteiger partial charge >= 0.3 is 5.97 Å². The van der Waals surface area contributed by atoms with Gasteiger partial charge in [-0.25, -0.2) is 4.79 Å². The summed E-state index contributed by atoms with van der Waals surface area (Å²) in [6.07, 6.45) is 0. The van der Waals surface area contributed by atoms with E-state index in [2.05, 4.69) is 4.74 Å². The first-order valence-electron chi connectivity index (χ1n) is 2.68. The van der Waals surface area contributed by atoms with Crippen LogP contribution in [-0.2, 0) is 14.0 Å². The Morgan fingerprint density at radius 3 is 2.11 bits per heavy atom. The van der Waals surface area contributed by atoms with Crippen molar-refractivity contribution in [3.63, 3.8) is 0 Å². The summed E-state index contributed by atoms with van der Waals surface area (Å²) in [7, 11) is 1.90. The number of carbonyl (C=O) groups excluding carboxylic acids is 1. The van der Waals surface area contributed by atoms with E-state index in [0.717, 1.165) is 0 Å². The van der Waals surface area contributed by atoms with Gasteiger partial charge in [-0.05, 0) is 13.8 Å². The molecule has 0 aliphatic carbocycles. The molecular formula is C5H12O3Si. The molecule has 0 atom stereocenters. The van der Waals surface area contributed by atoms with Crippen molar-refractivity contribution in [2.75, 3.05) is 7.11 Å². The minimum Gasteiger partial charge on any atom is -0.467 e. The Balaban J connectivity index is 3.97. The molecule has 4 heteroatoms. The van der Waals surface area contributed by atoms with Crippen LogP contribution in [-0.4, -0.2) is 29.2 Å². The van der Waals surface area contributed by atoms with Gasteiger partial charge in [0.15, 0.2) is 0 Å². The summed E-state index contributed by atoms with van der Waals surface area (Å²) < 4.78 is 9.42. The second-order valence-corrected chi connectivity index (χ2v) is 2.61. The molecule has 0 aromatic carbocycles. The first-order valence-corrected chi connectivity index (χ1v) is 3.50. The molecule has 0 radical (unpaired) electrons. The van der Waals surface area contributed by atoms with E-state index >= 15 is 0 Å². The van der Waals surface area contributed by atoms with Crippen LogP contribution in [0.1, 0.15) is 13.8 Å². The van der Waals surface area contributed by atoms with E-state index in [1.807, 2.05) is 0 Å². The quantitative estimate of drug-likeness (QED) is 0.381. The summed E-state index contributed by atoms with van der Waals surface area (Å²) in [5.74, 6) is -0.322. The first-order chi connectivity index (χ1) is 4.04. The maximum atomic E-state index is 10.7. The molecular weight excluding hydrogens is 136 g/mol. The lowest BCUT2D eigenvalue weighted by Crippen LogP contribution is -2.35. The Kier molecular flexibility index (Phi) is 2.86. The van der Waals surface area contributed by atoms with Crippen molar-refractivity contribution in [2.45, 2.75) is 19.4 Å². The molecule has 0 N–H and O–H groups in total. The van der Waals surface area contributed by atoms with Gasteiger partial charge in [0.25, 0.3) is 0 Å². The third kappa shape index (κ3) is 2.15. The van der Waals surface area contributed by atoms with Gasteiger partial charge in [0, 0.05) is 0 Å². The average Bonchev–Trinajstić information content (AvgIpc) is 1.86. The van der Waals surface area contributed by atoms with Crippen molar-refractivity contribution >= 4 is 16.5 Å². The number of esters is 1. The van der Waals surface area contributed by atoms with Crippen molar-refractivity contribution in [3.8, 4) is 0 Å². The van der Waals surface area contributed by atoms with Gasteiger partial charge in [0.1, 0.15) is 16.1 Å². The van der Waals surface area contributed by atoms with Gasteiger partial charge in [-0.15, -0.1) is 0 Å². The van der Waals surface area contributed by atoms with E-state index in [9.17, 15) is 4.79 Å². The molecule has 0 aliphatic rings. The second-order valence-electron chi connectivity index (χ2n) is 2.21. The second kappa shape index (κ2) is 2.98. The zero-order chi connectivity index (χ0) is 7.49. The molecule has 0 spiro atoms. The van der Waals surface area contributed by atoms with Crippen molar-refractivity contribution in [1.82, 2.24) is 0 Å². The number of rotatable bonds is 2. The van der Waals surface area contributed by atoms with Crippen molar-refractivity contribution < 1.29 is 14.0 Å². The first kappa shape index (κ1) is 8.65. The predicted octanol–water partition coefficient (Wildman–Crippen LogP) is -0.765. The van der Waals surface area contributed by atoms with Crippen LogP contribution in [0.2, 0.25) is 0 Å². The van der Waals surface area contributed by atoms with E-state index in [4.69, 9.17) is 4.43 Å². The number of methoxy groups -OCH3 is 1. The lowest BCUT2D eigenvalue weighted by molar-refractivity contribution is -0.155. The normalized spacial score (nSPS) is 11.4. The fourth-order valence-electron chi connectivity index (χ4n) is 0.329. The lowest BCUT2D eigenvalue weighted by Gasteiger charge is -2.19. The summed E-state index contributed by atoms with van der Waals surface area (Å²) in [6.45, 7) is 3.37. The Morgan fingerprint density at radius 2 is 2.00 bits per heavy atom. The summed E-state index contributed by atoms with van der Waals surface area (Å²) in [4.78, 5) is 10.7. The van der Waals surface area contributed by atoms with E-state index < -0.39 is 5.60 Å². The van der Waals surface area contributed by atoms with Crippen LogP contribution in [0, 0.1) is 0 Å². The number of hydrogen-bond donors (Lipinski definition) is 0. The summed E-state index contributed by atoms with van der Waals surface area (Å²) in [5.41, 5.74) is -0.749. The van der Waals surface area contributed by atoms with Crippen LogP contribution in [0.25, 0.3) is 0 Å². The molecule has 0 rings (SSSR count). The van der Waals surface area contributed by atoms with Gasteiger partial charge in [0.05, 0.1) is 7.11 Å². The van der Waals surface area contributed by atoms with E-state index in [1.54, 1.807) is 13.8 Å². The minimum atomic E-state index is -0.749. The van der Waals surface area contributed by atoms with Gasteiger partial charge in [-0.3, -0.25) is 0 Å². The van der Waals surface area contributed by atoms with Gasteiger partial charge in [-0.2, -0.15) is 0 Å². The third-order valence-electron chi connectivity index (χ3n) is 1.19. The fourth-order valence-corrected chi connectivity index (χ4v) is 0.496. The largest absolute Gasteiger partial charge is 0.467 e. The molecule has 0 saturated heterocycles. The Labute approximate surface area is 57.9 Å². The minimum absolute atomic E-state index is 0.322. The van der Waals surface area contributed by atoms with Crippen LogP contribution >= 0.6 is 0 Å². The fraction of sp³-hybridized carbons (Fsp3) is 0.800. The Morgan fingerprint density at radius 1 is 1.56 bits per heavy atom. The maximum absolute atomic E-state index is 10.7. The molecule has 0 amide bonds. The van der Waals surface area contributed by atoms with E-state index in [0.29, 0.717) is 10.5 Å². The van der Waals surface area contributed by atoms with E-state index in [-0.39, 0.29) is 5.97 Å². The van der Waals surface area contributed by atoms with Crippen LogP contribution in [0.4, 0.5) is 0 Å². The molecule has 0 saturated carbocycles. The molecule has 0 bridgehead atoms. The van der Waals surface area contributed by atoms with Crippen LogP contribution in [0.15, 0.2) is 0 Å². The molecule has 9 heavy (non-hydrogen) atoms. The monoisotopic (exact) mass is 148 g/mol. The van der Waals surface area contributed by atoms with Crippen molar-refractivity contribution in [2.24, 2.45) is 0 Å². The highest BCUT2D eigenvalue weighted by atomic mass is 28.2. The molecule has 0 unspecified atom stereocenters. The Bertz CT molecular complexity index is 111. The van der Waals surface area contributed by atoms with Crippen LogP contribution < -0.4 is 0 Å². The zero-order valence-electron chi connectivity index (χ0n) is 6.22. The van der Waals surface area contributed by atoms with Gasteiger partial charge in [-0.1, -0.05) is 0 Å². The molecule has 0 aromatic rings. The molecule has 0 aromatic heterocycles. The maximum Gasteiger partial charge on any atom is 0.336 e. The molecule has 3 nitrogen and oxygen atoms in total. The zero-order valence-corrected chi connectivity index (χ0v) is 8.22. The van der Waals surface area contributed by atoms with E-state index in [1.165, 1.54) is 7.11 Å². The highest BCUT2D eigenvalue weighted by Gasteiger charge is 2.26. The highest BCUT2D eigenvalue weighted by Crippen LogP contribution is 2.07. The summed E-state index contributed by atoms with van der Waals surface area (Å²) >= 11 is 0. The highest BCUT2D eigenvalue weighted by molar-refractivity contribution is 6.00. The number of hydrogen-bond acceptors (Lipinski definition) is 3. The van der Waals surface area contributed by atoms with Gasteiger partial charge in [0.2, 0.25) is 0 Å². The molecule has 0 aliphatic heterocycles. The molecule has 54 valence electrons. The van der Waals surface area contributed by atoms with Crippen molar-refractivity contribution in [1.29, 1.82) is 0 Å². The molecule has 0 heterocycles. The van der Waals surface area contributed by atoms with Crippen molar-refractivity contribution in [3.05, 3.63) is 0 Å².